The lowest BCUT2D eigenvalue weighted by atomic mass is 10.2. The van der Waals surface area contributed by atoms with E-state index in [2.05, 4.69) is 37.9 Å². The molecular formula is C28H35N3O2. The molecule has 0 aliphatic heterocycles. The van der Waals surface area contributed by atoms with Gasteiger partial charge in [-0.25, -0.2) is 4.99 Å². The van der Waals surface area contributed by atoms with Crippen LogP contribution in [0.5, 0.6) is 11.5 Å². The number of rotatable bonds is 10. The number of para-hydroxylation sites is 1. The summed E-state index contributed by atoms with van der Waals surface area (Å²) in [7, 11) is 1.67. The molecule has 0 bridgehead atoms. The summed E-state index contributed by atoms with van der Waals surface area (Å²) in [6, 6.07) is 26.8. The van der Waals surface area contributed by atoms with Gasteiger partial charge in [0.25, 0.3) is 0 Å². The summed E-state index contributed by atoms with van der Waals surface area (Å²) < 4.78 is 11.3. The van der Waals surface area contributed by atoms with Crippen LogP contribution in [0.2, 0.25) is 0 Å². The van der Waals surface area contributed by atoms with Crippen LogP contribution in [-0.2, 0) is 0 Å². The molecule has 0 aliphatic rings. The van der Waals surface area contributed by atoms with Crippen LogP contribution in [0.25, 0.3) is 0 Å². The first-order valence-electron chi connectivity index (χ1n) is 11.5. The molecule has 3 aromatic carbocycles. The molecule has 0 amide bonds. The summed E-state index contributed by atoms with van der Waals surface area (Å²) in [5.74, 6) is 2.43. The van der Waals surface area contributed by atoms with E-state index in [1.54, 1.807) is 7.11 Å². The van der Waals surface area contributed by atoms with Gasteiger partial charge in [0, 0.05) is 29.9 Å². The van der Waals surface area contributed by atoms with Crippen molar-refractivity contribution in [2.75, 3.05) is 25.6 Å². The summed E-state index contributed by atoms with van der Waals surface area (Å²) >= 11 is 0. The fourth-order valence-corrected chi connectivity index (χ4v) is 3.70. The molecule has 174 valence electrons. The zero-order valence-corrected chi connectivity index (χ0v) is 20.3. The lowest BCUT2D eigenvalue weighted by Gasteiger charge is -2.30. The van der Waals surface area contributed by atoms with E-state index in [9.17, 15) is 0 Å². The Kier molecular flexibility index (Phi) is 8.90. The maximum Gasteiger partial charge on any atom is 0.138 e. The van der Waals surface area contributed by atoms with E-state index in [4.69, 9.17) is 14.5 Å². The summed E-state index contributed by atoms with van der Waals surface area (Å²) in [6.45, 7) is 10.4. The average molecular weight is 446 g/mol. The number of amidine groups is 1. The van der Waals surface area contributed by atoms with Crippen LogP contribution in [0.4, 0.5) is 11.4 Å². The highest BCUT2D eigenvalue weighted by Crippen LogP contribution is 2.21. The quantitative estimate of drug-likeness (QED) is 0.290. The van der Waals surface area contributed by atoms with Crippen LogP contribution in [-0.4, -0.2) is 43.1 Å². The Labute approximate surface area is 198 Å². The maximum absolute atomic E-state index is 5.98. The first kappa shape index (κ1) is 24.3. The van der Waals surface area contributed by atoms with Gasteiger partial charge >= 0.3 is 0 Å². The minimum absolute atomic E-state index is 0.499. The van der Waals surface area contributed by atoms with Crippen molar-refractivity contribution in [2.45, 2.75) is 39.8 Å². The minimum Gasteiger partial charge on any atom is -0.497 e. The van der Waals surface area contributed by atoms with E-state index in [0.717, 1.165) is 40.8 Å². The van der Waals surface area contributed by atoms with Crippen molar-refractivity contribution in [2.24, 2.45) is 4.99 Å². The highest BCUT2D eigenvalue weighted by Gasteiger charge is 2.13. The molecule has 0 spiro atoms. The van der Waals surface area contributed by atoms with Crippen molar-refractivity contribution in [3.8, 4) is 11.5 Å². The number of ether oxygens (including phenoxy) is 2. The molecule has 5 nitrogen and oxygen atoms in total. The molecule has 0 atom stereocenters. The molecule has 5 heteroatoms. The molecule has 3 aromatic rings. The van der Waals surface area contributed by atoms with Gasteiger partial charge in [0.15, 0.2) is 0 Å². The fourth-order valence-electron chi connectivity index (χ4n) is 3.70. The Morgan fingerprint density at radius 1 is 0.818 bits per heavy atom. The van der Waals surface area contributed by atoms with Gasteiger partial charge in [-0.3, -0.25) is 4.90 Å². The molecule has 3 rings (SSSR count). The molecule has 1 N–H and O–H groups in total. The number of benzene rings is 3. The van der Waals surface area contributed by atoms with E-state index in [1.807, 2.05) is 78.9 Å². The van der Waals surface area contributed by atoms with E-state index in [0.29, 0.717) is 18.7 Å². The van der Waals surface area contributed by atoms with Gasteiger partial charge in [0.05, 0.1) is 12.8 Å². The Balaban J connectivity index is 1.73. The van der Waals surface area contributed by atoms with Crippen molar-refractivity contribution in [3.63, 3.8) is 0 Å². The van der Waals surface area contributed by atoms with Gasteiger partial charge in [0.1, 0.15) is 23.9 Å². The van der Waals surface area contributed by atoms with Gasteiger partial charge in [0.2, 0.25) is 0 Å². The highest BCUT2D eigenvalue weighted by molar-refractivity contribution is 6.09. The second-order valence-electron chi connectivity index (χ2n) is 8.45. The molecule has 0 saturated heterocycles. The van der Waals surface area contributed by atoms with E-state index in [1.165, 1.54) is 0 Å². The Bertz CT molecular complexity index is 990. The highest BCUT2D eigenvalue weighted by atomic mass is 16.5. The summed E-state index contributed by atoms with van der Waals surface area (Å²) in [4.78, 5) is 7.30. The summed E-state index contributed by atoms with van der Waals surface area (Å²) in [5.41, 5.74) is 2.80. The average Bonchev–Trinajstić information content (AvgIpc) is 2.82. The Morgan fingerprint density at radius 2 is 1.42 bits per heavy atom. The standard InChI is InChI=1S/C28H35N3O2/c1-21(2)31(22(3)4)19-20-33-27-17-13-25(14-18-27)30-28(29-24-9-7-6-8-10-24)23-11-15-26(32-5)16-12-23/h6-18,21-22H,19-20H2,1-5H3,(H,29,30). The van der Waals surface area contributed by atoms with Crippen LogP contribution < -0.4 is 14.8 Å². The lowest BCUT2D eigenvalue weighted by molar-refractivity contribution is 0.142. The number of anilines is 1. The summed E-state index contributed by atoms with van der Waals surface area (Å²) in [5, 5.41) is 3.44. The van der Waals surface area contributed by atoms with Crippen molar-refractivity contribution in [1.82, 2.24) is 4.90 Å². The fraction of sp³-hybridized carbons (Fsp3) is 0.321. The molecule has 0 radical (unpaired) electrons. The van der Waals surface area contributed by atoms with Gasteiger partial charge in [-0.05, 0) is 88.4 Å². The minimum atomic E-state index is 0.499. The van der Waals surface area contributed by atoms with Crippen molar-refractivity contribution in [1.29, 1.82) is 0 Å². The third-order valence-corrected chi connectivity index (χ3v) is 5.42. The molecule has 0 aromatic heterocycles. The number of aliphatic imine (C=N–C) groups is 1. The van der Waals surface area contributed by atoms with Crippen molar-refractivity contribution in [3.05, 3.63) is 84.4 Å². The molecular weight excluding hydrogens is 410 g/mol. The van der Waals surface area contributed by atoms with Gasteiger partial charge in [-0.2, -0.15) is 0 Å². The van der Waals surface area contributed by atoms with Crippen LogP contribution in [0, 0.1) is 0 Å². The third kappa shape index (κ3) is 7.36. The smallest absolute Gasteiger partial charge is 0.138 e. The van der Waals surface area contributed by atoms with Crippen LogP contribution >= 0.6 is 0 Å². The Hall–Kier alpha value is -3.31. The zero-order valence-electron chi connectivity index (χ0n) is 20.3. The van der Waals surface area contributed by atoms with E-state index >= 15 is 0 Å². The normalized spacial score (nSPS) is 11.8. The van der Waals surface area contributed by atoms with Gasteiger partial charge in [-0.15, -0.1) is 0 Å². The number of nitrogens with one attached hydrogen (secondary N) is 1. The predicted molar refractivity (Wildman–Crippen MR) is 138 cm³/mol. The van der Waals surface area contributed by atoms with Crippen LogP contribution in [0.3, 0.4) is 0 Å². The van der Waals surface area contributed by atoms with Crippen LogP contribution in [0.15, 0.2) is 83.9 Å². The number of methoxy groups -OCH3 is 1. The second-order valence-corrected chi connectivity index (χ2v) is 8.45. The third-order valence-electron chi connectivity index (χ3n) is 5.42. The first-order chi connectivity index (χ1) is 16.0. The number of hydrogen-bond acceptors (Lipinski definition) is 4. The van der Waals surface area contributed by atoms with Gasteiger partial charge < -0.3 is 14.8 Å². The second kappa shape index (κ2) is 12.1. The first-order valence-corrected chi connectivity index (χ1v) is 11.5. The Morgan fingerprint density at radius 3 is 2.00 bits per heavy atom. The van der Waals surface area contributed by atoms with E-state index < -0.39 is 0 Å². The van der Waals surface area contributed by atoms with Gasteiger partial charge in [-0.1, -0.05) is 18.2 Å². The molecule has 0 unspecified atom stereocenters. The molecule has 33 heavy (non-hydrogen) atoms. The zero-order chi connectivity index (χ0) is 23.6. The topological polar surface area (TPSA) is 46.1 Å². The molecule has 0 fully saturated rings. The van der Waals surface area contributed by atoms with E-state index in [-0.39, 0.29) is 0 Å². The molecule has 0 saturated carbocycles. The van der Waals surface area contributed by atoms with Crippen LogP contribution in [0.1, 0.15) is 33.3 Å². The summed E-state index contributed by atoms with van der Waals surface area (Å²) in [6.07, 6.45) is 0. The largest absolute Gasteiger partial charge is 0.497 e. The number of hydrogen-bond donors (Lipinski definition) is 1. The SMILES string of the molecule is COc1ccc(C(=Nc2ccc(OCCN(C(C)C)C(C)C)cc2)Nc2ccccc2)cc1. The lowest BCUT2D eigenvalue weighted by Crippen LogP contribution is -2.39. The van der Waals surface area contributed by atoms with Crippen molar-refractivity contribution < 1.29 is 9.47 Å². The van der Waals surface area contributed by atoms with Crippen molar-refractivity contribution >= 4 is 17.2 Å². The molecule has 0 heterocycles. The number of nitrogens with zero attached hydrogens (tertiary/aromatic N) is 2. The monoisotopic (exact) mass is 445 g/mol. The predicted octanol–water partition coefficient (Wildman–Crippen LogP) is 6.38. The molecule has 0 aliphatic carbocycles. The maximum atomic E-state index is 5.98.